The van der Waals surface area contributed by atoms with Gasteiger partial charge in [0.1, 0.15) is 5.75 Å². The minimum atomic E-state index is -0.132. The van der Waals surface area contributed by atoms with E-state index < -0.39 is 0 Å². The topological polar surface area (TPSA) is 67.9 Å². The molecule has 1 aromatic carbocycles. The molecule has 1 aliphatic heterocycles. The monoisotopic (exact) mass is 306 g/mol. The number of benzene rings is 1. The van der Waals surface area contributed by atoms with E-state index in [-0.39, 0.29) is 24.7 Å². The zero-order chi connectivity index (χ0) is 15.8. The molecule has 0 aromatic heterocycles. The summed E-state index contributed by atoms with van der Waals surface area (Å²) < 4.78 is 10.4. The normalized spacial score (nSPS) is 14.5. The van der Waals surface area contributed by atoms with E-state index in [9.17, 15) is 9.59 Å². The maximum absolute atomic E-state index is 11.9. The van der Waals surface area contributed by atoms with Gasteiger partial charge in [0, 0.05) is 38.0 Å². The molecule has 0 aliphatic carbocycles. The van der Waals surface area contributed by atoms with E-state index in [0.717, 1.165) is 11.3 Å². The Hall–Kier alpha value is -2.08. The van der Waals surface area contributed by atoms with E-state index in [0.29, 0.717) is 32.8 Å². The number of nitrogens with one attached hydrogen (secondary N) is 1. The third-order valence-electron chi connectivity index (χ3n) is 3.60. The predicted molar refractivity (Wildman–Crippen MR) is 81.5 cm³/mol. The minimum absolute atomic E-state index is 0.00995. The van der Waals surface area contributed by atoms with Crippen molar-refractivity contribution >= 4 is 11.8 Å². The zero-order valence-corrected chi connectivity index (χ0v) is 12.8. The largest absolute Gasteiger partial charge is 0.496 e. The summed E-state index contributed by atoms with van der Waals surface area (Å²) in [4.78, 5) is 25.6. The number of rotatable bonds is 6. The van der Waals surface area contributed by atoms with Crippen molar-refractivity contribution < 1.29 is 19.1 Å². The molecule has 0 saturated carbocycles. The lowest BCUT2D eigenvalue weighted by atomic mass is 10.2. The molecule has 1 heterocycles. The van der Waals surface area contributed by atoms with Crippen LogP contribution in [0.15, 0.2) is 24.3 Å². The highest BCUT2D eigenvalue weighted by Crippen LogP contribution is 2.16. The van der Waals surface area contributed by atoms with Crippen LogP contribution in [0.4, 0.5) is 0 Å². The molecule has 0 bridgehead atoms. The first kappa shape index (κ1) is 16.3. The Balaban J connectivity index is 1.72. The Labute approximate surface area is 130 Å². The van der Waals surface area contributed by atoms with Crippen molar-refractivity contribution in [1.29, 1.82) is 0 Å². The molecule has 2 rings (SSSR count). The standard InChI is InChI=1S/C16H22N2O4/c1-21-14-5-3-2-4-13(14)12-17-15(19)6-7-16(20)18-8-10-22-11-9-18/h2-5H,6-12H2,1H3,(H,17,19). The summed E-state index contributed by atoms with van der Waals surface area (Å²) in [5.74, 6) is 0.621. The summed E-state index contributed by atoms with van der Waals surface area (Å²) in [6, 6.07) is 7.53. The maximum Gasteiger partial charge on any atom is 0.223 e. The van der Waals surface area contributed by atoms with Gasteiger partial charge in [-0.1, -0.05) is 18.2 Å². The first-order chi connectivity index (χ1) is 10.7. The van der Waals surface area contributed by atoms with Crippen LogP contribution in [0.3, 0.4) is 0 Å². The molecule has 6 heteroatoms. The average Bonchev–Trinajstić information content (AvgIpc) is 2.58. The van der Waals surface area contributed by atoms with Crippen LogP contribution in [-0.2, 0) is 20.9 Å². The Morgan fingerprint density at radius 3 is 2.68 bits per heavy atom. The molecule has 0 unspecified atom stereocenters. The predicted octanol–water partition coefficient (Wildman–Crippen LogP) is 0.950. The first-order valence-electron chi connectivity index (χ1n) is 7.45. The number of amides is 2. The summed E-state index contributed by atoms with van der Waals surface area (Å²) in [7, 11) is 1.60. The van der Waals surface area contributed by atoms with Gasteiger partial charge in [0.25, 0.3) is 0 Å². The van der Waals surface area contributed by atoms with Crippen molar-refractivity contribution in [2.24, 2.45) is 0 Å². The number of hydrogen-bond acceptors (Lipinski definition) is 4. The van der Waals surface area contributed by atoms with E-state index in [1.165, 1.54) is 0 Å². The highest BCUT2D eigenvalue weighted by Gasteiger charge is 2.17. The van der Waals surface area contributed by atoms with Gasteiger partial charge in [-0.05, 0) is 6.07 Å². The number of hydrogen-bond donors (Lipinski definition) is 1. The molecule has 1 aliphatic rings. The molecule has 1 fully saturated rings. The van der Waals surface area contributed by atoms with Crippen LogP contribution < -0.4 is 10.1 Å². The van der Waals surface area contributed by atoms with E-state index in [4.69, 9.17) is 9.47 Å². The van der Waals surface area contributed by atoms with Crippen LogP contribution >= 0.6 is 0 Å². The van der Waals surface area contributed by atoms with Gasteiger partial charge in [-0.25, -0.2) is 0 Å². The molecule has 2 amide bonds. The highest BCUT2D eigenvalue weighted by atomic mass is 16.5. The van der Waals surface area contributed by atoms with Crippen molar-refractivity contribution in [1.82, 2.24) is 10.2 Å². The van der Waals surface area contributed by atoms with Crippen molar-refractivity contribution in [2.45, 2.75) is 19.4 Å². The van der Waals surface area contributed by atoms with Crippen molar-refractivity contribution in [2.75, 3.05) is 33.4 Å². The van der Waals surface area contributed by atoms with Gasteiger partial charge in [-0.3, -0.25) is 9.59 Å². The van der Waals surface area contributed by atoms with Crippen molar-refractivity contribution in [3.63, 3.8) is 0 Å². The summed E-state index contributed by atoms with van der Waals surface area (Å²) in [5, 5.41) is 2.82. The van der Waals surface area contributed by atoms with Gasteiger partial charge in [-0.2, -0.15) is 0 Å². The second-order valence-electron chi connectivity index (χ2n) is 5.08. The smallest absolute Gasteiger partial charge is 0.223 e. The highest BCUT2D eigenvalue weighted by molar-refractivity contribution is 5.83. The summed E-state index contributed by atoms with van der Waals surface area (Å²) in [5.41, 5.74) is 0.915. The van der Waals surface area contributed by atoms with Gasteiger partial charge in [0.15, 0.2) is 0 Å². The second-order valence-corrected chi connectivity index (χ2v) is 5.08. The summed E-state index contributed by atoms with van der Waals surface area (Å²) in [6.45, 7) is 2.77. The fourth-order valence-corrected chi connectivity index (χ4v) is 2.32. The van der Waals surface area contributed by atoms with E-state index >= 15 is 0 Å². The number of carbonyl (C=O) groups excluding carboxylic acids is 2. The summed E-state index contributed by atoms with van der Waals surface area (Å²) >= 11 is 0. The molecular weight excluding hydrogens is 284 g/mol. The van der Waals surface area contributed by atoms with Crippen LogP contribution in [0.5, 0.6) is 5.75 Å². The molecule has 0 spiro atoms. The number of nitrogens with zero attached hydrogens (tertiary/aromatic N) is 1. The van der Waals surface area contributed by atoms with Crippen LogP contribution in [0.25, 0.3) is 0 Å². The molecule has 22 heavy (non-hydrogen) atoms. The van der Waals surface area contributed by atoms with Gasteiger partial charge in [0.2, 0.25) is 11.8 Å². The SMILES string of the molecule is COc1ccccc1CNC(=O)CCC(=O)N1CCOCC1. The molecule has 1 N–H and O–H groups in total. The lowest BCUT2D eigenvalue weighted by molar-refractivity contribution is -0.137. The van der Waals surface area contributed by atoms with Crippen LogP contribution in [0.1, 0.15) is 18.4 Å². The lowest BCUT2D eigenvalue weighted by Crippen LogP contribution is -2.41. The number of morpholine rings is 1. The molecular formula is C16H22N2O4. The Morgan fingerprint density at radius 2 is 1.95 bits per heavy atom. The van der Waals surface area contributed by atoms with E-state index in [1.807, 2.05) is 24.3 Å². The lowest BCUT2D eigenvalue weighted by Gasteiger charge is -2.26. The Kier molecular flexibility index (Phi) is 6.21. The number of methoxy groups -OCH3 is 1. The van der Waals surface area contributed by atoms with Gasteiger partial charge in [0.05, 0.1) is 20.3 Å². The van der Waals surface area contributed by atoms with Crippen LogP contribution in [0, 0.1) is 0 Å². The quantitative estimate of drug-likeness (QED) is 0.850. The van der Waals surface area contributed by atoms with Crippen LogP contribution in [-0.4, -0.2) is 50.1 Å². The summed E-state index contributed by atoms with van der Waals surface area (Å²) in [6.07, 6.45) is 0.434. The fourth-order valence-electron chi connectivity index (χ4n) is 2.32. The molecule has 1 saturated heterocycles. The molecule has 0 radical (unpaired) electrons. The minimum Gasteiger partial charge on any atom is -0.496 e. The van der Waals surface area contributed by atoms with Crippen molar-refractivity contribution in [3.05, 3.63) is 29.8 Å². The number of ether oxygens (including phenoxy) is 2. The van der Waals surface area contributed by atoms with Gasteiger partial charge >= 0.3 is 0 Å². The fraction of sp³-hybridized carbons (Fsp3) is 0.500. The molecule has 0 atom stereocenters. The Morgan fingerprint density at radius 1 is 1.23 bits per heavy atom. The van der Waals surface area contributed by atoms with Crippen LogP contribution in [0.2, 0.25) is 0 Å². The third-order valence-corrected chi connectivity index (χ3v) is 3.60. The third kappa shape index (κ3) is 4.73. The molecule has 120 valence electrons. The van der Waals surface area contributed by atoms with E-state index in [2.05, 4.69) is 5.32 Å². The molecule has 1 aromatic rings. The zero-order valence-electron chi connectivity index (χ0n) is 12.8. The number of para-hydroxylation sites is 1. The first-order valence-corrected chi connectivity index (χ1v) is 7.45. The average molecular weight is 306 g/mol. The van der Waals surface area contributed by atoms with Gasteiger partial charge < -0.3 is 19.7 Å². The number of carbonyl (C=O) groups is 2. The van der Waals surface area contributed by atoms with Gasteiger partial charge in [-0.15, -0.1) is 0 Å². The van der Waals surface area contributed by atoms with Crippen molar-refractivity contribution in [3.8, 4) is 5.75 Å². The maximum atomic E-state index is 11.9. The van der Waals surface area contributed by atoms with E-state index in [1.54, 1.807) is 12.0 Å². The molecule has 6 nitrogen and oxygen atoms in total. The second kappa shape index (κ2) is 8.38. The Bertz CT molecular complexity index is 513.